The molecule has 1 saturated heterocycles. The van der Waals surface area contributed by atoms with Gasteiger partial charge in [0.15, 0.2) is 0 Å². The first-order valence-electron chi connectivity index (χ1n) is 8.79. The van der Waals surface area contributed by atoms with Gasteiger partial charge in [0.2, 0.25) is 5.91 Å². The van der Waals surface area contributed by atoms with Crippen LogP contribution in [0.4, 0.5) is 5.69 Å². The van der Waals surface area contributed by atoms with Crippen LogP contribution in [-0.2, 0) is 4.79 Å². The Balaban J connectivity index is 1.60. The molecule has 1 saturated carbocycles. The highest BCUT2D eigenvalue weighted by Gasteiger charge is 2.44. The Hall–Kier alpha value is -1.51. The van der Waals surface area contributed by atoms with Crippen LogP contribution < -0.4 is 4.90 Å². The minimum atomic E-state index is 0.347. The van der Waals surface area contributed by atoms with Crippen LogP contribution in [0.5, 0.6) is 0 Å². The van der Waals surface area contributed by atoms with E-state index in [4.69, 9.17) is 0 Å². The predicted molar refractivity (Wildman–Crippen MR) is 89.1 cm³/mol. The van der Waals surface area contributed by atoms with Gasteiger partial charge in [-0.15, -0.1) is 0 Å². The molecule has 0 unspecified atom stereocenters. The fourth-order valence-electron chi connectivity index (χ4n) is 4.28. The quantitative estimate of drug-likeness (QED) is 0.855. The first-order chi connectivity index (χ1) is 10.6. The van der Waals surface area contributed by atoms with Crippen molar-refractivity contribution in [3.8, 4) is 0 Å². The molecular formula is C19H26N2O. The van der Waals surface area contributed by atoms with Crippen molar-refractivity contribution in [1.82, 2.24) is 4.90 Å². The summed E-state index contributed by atoms with van der Waals surface area (Å²) in [7, 11) is 0. The Bertz CT molecular complexity index is 579. The van der Waals surface area contributed by atoms with Crippen LogP contribution in [0.2, 0.25) is 0 Å². The predicted octanol–water partition coefficient (Wildman–Crippen LogP) is 3.26. The molecule has 0 aromatic heterocycles. The van der Waals surface area contributed by atoms with Gasteiger partial charge >= 0.3 is 0 Å². The number of carbonyl (C=O) groups is 1. The SMILES string of the molecule is CC(C)CN1c2ccccc2[C@@H]2CN(C(=O)C3CC3)CC[C@@H]21. The summed E-state index contributed by atoms with van der Waals surface area (Å²) >= 11 is 0. The number of benzene rings is 1. The molecule has 22 heavy (non-hydrogen) atoms. The number of anilines is 1. The van der Waals surface area contributed by atoms with Gasteiger partial charge in [0, 0.05) is 43.2 Å². The maximum atomic E-state index is 12.4. The Morgan fingerprint density at radius 2 is 2.00 bits per heavy atom. The molecule has 2 aliphatic heterocycles. The van der Waals surface area contributed by atoms with E-state index in [1.807, 2.05) is 0 Å². The van der Waals surface area contributed by atoms with Crippen LogP contribution in [0.1, 0.15) is 44.6 Å². The van der Waals surface area contributed by atoms with Crippen molar-refractivity contribution in [1.29, 1.82) is 0 Å². The van der Waals surface area contributed by atoms with Gasteiger partial charge in [-0.1, -0.05) is 32.0 Å². The lowest BCUT2D eigenvalue weighted by molar-refractivity contribution is -0.133. The van der Waals surface area contributed by atoms with Crippen LogP contribution in [0.3, 0.4) is 0 Å². The van der Waals surface area contributed by atoms with Crippen molar-refractivity contribution >= 4 is 11.6 Å². The van der Waals surface area contributed by atoms with Gasteiger partial charge in [0.25, 0.3) is 0 Å². The third-order valence-corrected chi connectivity index (χ3v) is 5.42. The van der Waals surface area contributed by atoms with Gasteiger partial charge in [-0.05, 0) is 36.8 Å². The number of para-hydroxylation sites is 1. The molecule has 3 heteroatoms. The molecule has 118 valence electrons. The van der Waals surface area contributed by atoms with E-state index in [0.717, 1.165) is 38.9 Å². The average molecular weight is 298 g/mol. The molecule has 0 bridgehead atoms. The summed E-state index contributed by atoms with van der Waals surface area (Å²) in [5.74, 6) is 1.93. The zero-order chi connectivity index (χ0) is 15.3. The summed E-state index contributed by atoms with van der Waals surface area (Å²) in [5.41, 5.74) is 2.87. The largest absolute Gasteiger partial charge is 0.367 e. The van der Waals surface area contributed by atoms with Gasteiger partial charge < -0.3 is 9.80 Å². The average Bonchev–Trinajstić information content (AvgIpc) is 3.32. The van der Waals surface area contributed by atoms with Gasteiger partial charge in [0.05, 0.1) is 0 Å². The fourth-order valence-corrected chi connectivity index (χ4v) is 4.28. The normalized spacial score (nSPS) is 27.0. The number of likely N-dealkylation sites (tertiary alicyclic amines) is 1. The Labute approximate surface area is 133 Å². The maximum absolute atomic E-state index is 12.4. The summed E-state index contributed by atoms with van der Waals surface area (Å²) in [6.07, 6.45) is 3.34. The lowest BCUT2D eigenvalue weighted by atomic mass is 9.88. The van der Waals surface area contributed by atoms with Crippen LogP contribution in [-0.4, -0.2) is 36.5 Å². The number of hydrogen-bond acceptors (Lipinski definition) is 2. The highest BCUT2D eigenvalue weighted by molar-refractivity contribution is 5.81. The number of amides is 1. The van der Waals surface area contributed by atoms with Gasteiger partial charge in [-0.25, -0.2) is 0 Å². The standard InChI is InChI=1S/C19H26N2O/c1-13(2)11-21-17-6-4-3-5-15(17)16-12-20(10-9-18(16)21)19(22)14-7-8-14/h3-6,13-14,16,18H,7-12H2,1-2H3/t16-,18-/m0/s1. The van der Waals surface area contributed by atoms with E-state index in [9.17, 15) is 4.79 Å². The third-order valence-electron chi connectivity index (χ3n) is 5.42. The molecule has 1 aromatic carbocycles. The van der Waals surface area contributed by atoms with E-state index < -0.39 is 0 Å². The topological polar surface area (TPSA) is 23.6 Å². The van der Waals surface area contributed by atoms with E-state index in [1.54, 1.807) is 0 Å². The number of carbonyl (C=O) groups excluding carboxylic acids is 1. The van der Waals surface area contributed by atoms with Crippen LogP contribution in [0, 0.1) is 11.8 Å². The molecule has 2 fully saturated rings. The molecular weight excluding hydrogens is 272 g/mol. The highest BCUT2D eigenvalue weighted by Crippen LogP contribution is 2.45. The maximum Gasteiger partial charge on any atom is 0.225 e. The number of fused-ring (bicyclic) bond motifs is 3. The number of rotatable bonds is 3. The Kier molecular flexibility index (Phi) is 3.39. The van der Waals surface area contributed by atoms with Gasteiger partial charge in [-0.2, -0.15) is 0 Å². The fraction of sp³-hybridized carbons (Fsp3) is 0.632. The van der Waals surface area contributed by atoms with Crippen LogP contribution >= 0.6 is 0 Å². The van der Waals surface area contributed by atoms with Crippen LogP contribution in [0.25, 0.3) is 0 Å². The molecule has 0 radical (unpaired) electrons. The number of piperidine rings is 1. The van der Waals surface area contributed by atoms with E-state index in [1.165, 1.54) is 11.3 Å². The van der Waals surface area contributed by atoms with E-state index in [0.29, 0.717) is 29.7 Å². The molecule has 3 aliphatic rings. The summed E-state index contributed by atoms with van der Waals surface area (Å²) in [5, 5.41) is 0. The smallest absolute Gasteiger partial charge is 0.225 e. The van der Waals surface area contributed by atoms with E-state index >= 15 is 0 Å². The third kappa shape index (κ3) is 2.31. The zero-order valence-electron chi connectivity index (χ0n) is 13.7. The van der Waals surface area contributed by atoms with Crippen molar-refractivity contribution in [3.63, 3.8) is 0 Å². The van der Waals surface area contributed by atoms with E-state index in [-0.39, 0.29) is 0 Å². The molecule has 0 N–H and O–H groups in total. The van der Waals surface area contributed by atoms with Crippen LogP contribution in [0.15, 0.2) is 24.3 Å². The second-order valence-corrected chi connectivity index (χ2v) is 7.63. The first kappa shape index (κ1) is 14.1. The molecule has 1 amide bonds. The second-order valence-electron chi connectivity index (χ2n) is 7.63. The minimum Gasteiger partial charge on any atom is -0.367 e. The van der Waals surface area contributed by atoms with Crippen molar-refractivity contribution < 1.29 is 4.79 Å². The molecule has 1 aliphatic carbocycles. The molecule has 1 aromatic rings. The van der Waals surface area contributed by atoms with E-state index in [2.05, 4.69) is 47.9 Å². The second kappa shape index (κ2) is 5.29. The molecule has 2 atom stereocenters. The monoisotopic (exact) mass is 298 g/mol. The summed E-state index contributed by atoms with van der Waals surface area (Å²) in [4.78, 5) is 17.2. The van der Waals surface area contributed by atoms with Crippen molar-refractivity contribution in [3.05, 3.63) is 29.8 Å². The molecule has 2 heterocycles. The molecule has 4 rings (SSSR count). The summed E-state index contributed by atoms with van der Waals surface area (Å²) < 4.78 is 0. The van der Waals surface area contributed by atoms with Gasteiger partial charge in [0.1, 0.15) is 0 Å². The lowest BCUT2D eigenvalue weighted by Gasteiger charge is -2.39. The number of nitrogens with zero attached hydrogens (tertiary/aromatic N) is 2. The Morgan fingerprint density at radius 3 is 2.73 bits per heavy atom. The summed E-state index contributed by atoms with van der Waals surface area (Å²) in [6.45, 7) is 7.57. The number of hydrogen-bond donors (Lipinski definition) is 0. The van der Waals surface area contributed by atoms with Crippen molar-refractivity contribution in [2.24, 2.45) is 11.8 Å². The highest BCUT2D eigenvalue weighted by atomic mass is 16.2. The molecule has 0 spiro atoms. The lowest BCUT2D eigenvalue weighted by Crippen LogP contribution is -2.49. The minimum absolute atomic E-state index is 0.347. The first-order valence-corrected chi connectivity index (χ1v) is 8.79. The Morgan fingerprint density at radius 1 is 1.23 bits per heavy atom. The molecule has 3 nitrogen and oxygen atoms in total. The van der Waals surface area contributed by atoms with Crippen molar-refractivity contribution in [2.75, 3.05) is 24.5 Å². The zero-order valence-corrected chi connectivity index (χ0v) is 13.7. The van der Waals surface area contributed by atoms with Gasteiger partial charge in [-0.3, -0.25) is 4.79 Å². The van der Waals surface area contributed by atoms with Crippen molar-refractivity contribution in [2.45, 2.75) is 45.1 Å². The summed E-state index contributed by atoms with van der Waals surface area (Å²) in [6, 6.07) is 9.43.